The van der Waals surface area contributed by atoms with Gasteiger partial charge in [-0.25, -0.2) is 0 Å². The average molecular weight is 332 g/mol. The van der Waals surface area contributed by atoms with Gasteiger partial charge in [0.25, 0.3) is 0 Å². The Balaban J connectivity index is 1.70. The van der Waals surface area contributed by atoms with Crippen molar-refractivity contribution in [1.82, 2.24) is 5.32 Å². The molecular formula is C19H28N2O3. The molecule has 2 N–H and O–H groups in total. The van der Waals surface area contributed by atoms with Gasteiger partial charge in [-0.15, -0.1) is 0 Å². The summed E-state index contributed by atoms with van der Waals surface area (Å²) in [6.07, 6.45) is 6.57. The number of ether oxygens (including phenoxy) is 1. The summed E-state index contributed by atoms with van der Waals surface area (Å²) in [5.74, 6) is 0.761. The first kappa shape index (κ1) is 18.3. The molecule has 2 rings (SSSR count). The summed E-state index contributed by atoms with van der Waals surface area (Å²) < 4.78 is 5.09. The van der Waals surface area contributed by atoms with Crippen molar-refractivity contribution in [2.24, 2.45) is 5.92 Å². The summed E-state index contributed by atoms with van der Waals surface area (Å²) in [5.41, 5.74) is 0.736. The molecule has 0 bridgehead atoms. The third-order valence-corrected chi connectivity index (χ3v) is 4.41. The van der Waals surface area contributed by atoms with E-state index in [0.717, 1.165) is 24.3 Å². The highest BCUT2D eigenvalue weighted by Crippen LogP contribution is 2.19. The Labute approximate surface area is 144 Å². The molecule has 1 aromatic rings. The van der Waals surface area contributed by atoms with E-state index in [1.807, 2.05) is 6.92 Å². The molecule has 0 aromatic heterocycles. The number of methoxy groups -OCH3 is 1. The second-order valence-electron chi connectivity index (χ2n) is 6.69. The molecule has 0 aliphatic heterocycles. The minimum atomic E-state index is -0.0712. The van der Waals surface area contributed by atoms with Gasteiger partial charge in [-0.3, -0.25) is 9.59 Å². The molecule has 0 spiro atoms. The van der Waals surface area contributed by atoms with Gasteiger partial charge in [0.2, 0.25) is 11.8 Å². The van der Waals surface area contributed by atoms with E-state index in [0.29, 0.717) is 18.9 Å². The van der Waals surface area contributed by atoms with E-state index in [2.05, 4.69) is 10.6 Å². The summed E-state index contributed by atoms with van der Waals surface area (Å²) in [4.78, 5) is 24.2. The van der Waals surface area contributed by atoms with Gasteiger partial charge in [0.1, 0.15) is 5.75 Å². The van der Waals surface area contributed by atoms with Gasteiger partial charge in [0.05, 0.1) is 7.11 Å². The molecule has 2 amide bonds. The van der Waals surface area contributed by atoms with Crippen LogP contribution in [0.4, 0.5) is 5.69 Å². The molecule has 132 valence electrons. The predicted molar refractivity (Wildman–Crippen MR) is 95.0 cm³/mol. The van der Waals surface area contributed by atoms with Crippen LogP contribution in [0.3, 0.4) is 0 Å². The number of carbonyl (C=O) groups is 2. The van der Waals surface area contributed by atoms with Crippen LogP contribution in [0.2, 0.25) is 0 Å². The maximum Gasteiger partial charge on any atom is 0.224 e. The highest BCUT2D eigenvalue weighted by atomic mass is 16.5. The Morgan fingerprint density at radius 2 is 1.71 bits per heavy atom. The highest BCUT2D eigenvalue weighted by Gasteiger charge is 2.18. The molecule has 1 fully saturated rings. The number of carbonyl (C=O) groups excluding carboxylic acids is 2. The SMILES string of the molecule is COc1ccc(NC(=O)C[C@H](C)CC(=O)NC2CCCCC2)cc1. The third-order valence-electron chi connectivity index (χ3n) is 4.41. The Kier molecular flexibility index (Phi) is 7.09. The summed E-state index contributed by atoms with van der Waals surface area (Å²) in [6, 6.07) is 7.54. The zero-order chi connectivity index (χ0) is 17.4. The molecular weight excluding hydrogens is 304 g/mol. The lowest BCUT2D eigenvalue weighted by molar-refractivity contribution is -0.123. The van der Waals surface area contributed by atoms with Gasteiger partial charge in [-0.05, 0) is 43.0 Å². The second-order valence-corrected chi connectivity index (χ2v) is 6.69. The summed E-state index contributed by atoms with van der Waals surface area (Å²) in [6.45, 7) is 1.94. The van der Waals surface area contributed by atoms with E-state index in [1.54, 1.807) is 31.4 Å². The zero-order valence-electron chi connectivity index (χ0n) is 14.6. The first-order chi connectivity index (χ1) is 11.6. The van der Waals surface area contributed by atoms with Crippen molar-refractivity contribution in [2.75, 3.05) is 12.4 Å². The van der Waals surface area contributed by atoms with Gasteiger partial charge >= 0.3 is 0 Å². The third kappa shape index (κ3) is 6.22. The van der Waals surface area contributed by atoms with E-state index in [4.69, 9.17) is 4.74 Å². The quantitative estimate of drug-likeness (QED) is 0.803. The topological polar surface area (TPSA) is 67.4 Å². The van der Waals surface area contributed by atoms with Crippen molar-refractivity contribution in [3.05, 3.63) is 24.3 Å². The van der Waals surface area contributed by atoms with E-state index in [-0.39, 0.29) is 17.7 Å². The number of amides is 2. The Hall–Kier alpha value is -2.04. The standard InChI is InChI=1S/C19H28N2O3/c1-14(12-18(22)20-15-6-4-3-5-7-15)13-19(23)21-16-8-10-17(24-2)11-9-16/h8-11,14-15H,3-7,12-13H2,1-2H3,(H,20,22)(H,21,23)/t14-/m1/s1. The number of rotatable bonds is 7. The number of nitrogens with one attached hydrogen (secondary N) is 2. The molecule has 1 aliphatic rings. The van der Waals surface area contributed by atoms with Gasteiger partial charge in [-0.2, -0.15) is 0 Å². The summed E-state index contributed by atoms with van der Waals surface area (Å²) in [7, 11) is 1.60. The Bertz CT molecular complexity index is 536. The fourth-order valence-corrected chi connectivity index (χ4v) is 3.13. The van der Waals surface area contributed by atoms with Crippen molar-refractivity contribution in [3.8, 4) is 5.75 Å². The number of hydrogen-bond acceptors (Lipinski definition) is 3. The molecule has 0 unspecified atom stereocenters. The lowest BCUT2D eigenvalue weighted by Gasteiger charge is -2.23. The Morgan fingerprint density at radius 1 is 1.08 bits per heavy atom. The van der Waals surface area contributed by atoms with Crippen LogP contribution in [0.15, 0.2) is 24.3 Å². The van der Waals surface area contributed by atoms with Gasteiger partial charge in [-0.1, -0.05) is 26.2 Å². The van der Waals surface area contributed by atoms with Crippen LogP contribution in [0.5, 0.6) is 5.75 Å². The van der Waals surface area contributed by atoms with Crippen LogP contribution in [0.1, 0.15) is 51.9 Å². The summed E-state index contributed by atoms with van der Waals surface area (Å²) in [5, 5.41) is 5.95. The van der Waals surface area contributed by atoms with Crippen molar-refractivity contribution in [2.45, 2.75) is 57.9 Å². The zero-order valence-corrected chi connectivity index (χ0v) is 14.6. The fourth-order valence-electron chi connectivity index (χ4n) is 3.13. The Morgan fingerprint density at radius 3 is 2.33 bits per heavy atom. The number of benzene rings is 1. The molecule has 5 nitrogen and oxygen atoms in total. The predicted octanol–water partition coefficient (Wildman–Crippen LogP) is 3.50. The highest BCUT2D eigenvalue weighted by molar-refractivity contribution is 5.91. The molecule has 5 heteroatoms. The molecule has 1 atom stereocenters. The van der Waals surface area contributed by atoms with Gasteiger partial charge in [0.15, 0.2) is 0 Å². The number of hydrogen-bond donors (Lipinski definition) is 2. The average Bonchev–Trinajstić information content (AvgIpc) is 2.56. The second kappa shape index (κ2) is 9.30. The first-order valence-electron chi connectivity index (χ1n) is 8.80. The van der Waals surface area contributed by atoms with Crippen LogP contribution in [0, 0.1) is 5.92 Å². The summed E-state index contributed by atoms with van der Waals surface area (Å²) >= 11 is 0. The van der Waals surface area contributed by atoms with E-state index >= 15 is 0 Å². The largest absolute Gasteiger partial charge is 0.497 e. The van der Waals surface area contributed by atoms with Crippen LogP contribution in [-0.2, 0) is 9.59 Å². The van der Waals surface area contributed by atoms with Gasteiger partial charge < -0.3 is 15.4 Å². The first-order valence-corrected chi connectivity index (χ1v) is 8.80. The number of anilines is 1. The maximum absolute atomic E-state index is 12.1. The van der Waals surface area contributed by atoms with Crippen molar-refractivity contribution < 1.29 is 14.3 Å². The molecule has 1 aliphatic carbocycles. The lowest BCUT2D eigenvalue weighted by atomic mass is 9.95. The van der Waals surface area contributed by atoms with Crippen LogP contribution in [-0.4, -0.2) is 25.0 Å². The molecule has 0 saturated heterocycles. The smallest absolute Gasteiger partial charge is 0.224 e. The van der Waals surface area contributed by atoms with E-state index in [1.165, 1.54) is 19.3 Å². The van der Waals surface area contributed by atoms with Crippen LogP contribution < -0.4 is 15.4 Å². The molecule has 0 radical (unpaired) electrons. The van der Waals surface area contributed by atoms with E-state index in [9.17, 15) is 9.59 Å². The van der Waals surface area contributed by atoms with Crippen LogP contribution in [0.25, 0.3) is 0 Å². The molecule has 0 heterocycles. The van der Waals surface area contributed by atoms with E-state index < -0.39 is 0 Å². The van der Waals surface area contributed by atoms with Crippen molar-refractivity contribution >= 4 is 17.5 Å². The lowest BCUT2D eigenvalue weighted by Crippen LogP contribution is -2.37. The maximum atomic E-state index is 12.1. The minimum Gasteiger partial charge on any atom is -0.497 e. The van der Waals surface area contributed by atoms with Crippen molar-refractivity contribution in [1.29, 1.82) is 0 Å². The minimum absolute atomic E-state index is 0.0202. The normalized spacial score (nSPS) is 16.2. The molecule has 24 heavy (non-hydrogen) atoms. The van der Waals surface area contributed by atoms with Crippen LogP contribution >= 0.6 is 0 Å². The molecule has 1 aromatic carbocycles. The fraction of sp³-hybridized carbons (Fsp3) is 0.579. The monoisotopic (exact) mass is 332 g/mol. The van der Waals surface area contributed by atoms with Gasteiger partial charge in [0, 0.05) is 24.6 Å². The van der Waals surface area contributed by atoms with Crippen molar-refractivity contribution in [3.63, 3.8) is 0 Å². The molecule has 1 saturated carbocycles.